The number of nitrogens with two attached hydrogens (primary N) is 1. The lowest BCUT2D eigenvalue weighted by atomic mass is 10.0. The summed E-state index contributed by atoms with van der Waals surface area (Å²) < 4.78 is 33.3. The molecule has 0 aromatic heterocycles. The van der Waals surface area contributed by atoms with Crippen LogP contribution in [-0.4, -0.2) is 49.3 Å². The van der Waals surface area contributed by atoms with Crippen LogP contribution in [0.5, 0.6) is 0 Å². The van der Waals surface area contributed by atoms with Gasteiger partial charge in [-0.05, 0) is 96.3 Å². The highest BCUT2D eigenvalue weighted by Gasteiger charge is 2.26. The molecule has 0 amide bonds. The summed E-state index contributed by atoms with van der Waals surface area (Å²) in [6, 6.07) is 0. The molecule has 2 atom stereocenters. The average Bonchev–Trinajstić information content (AvgIpc) is 2.17. The van der Waals surface area contributed by atoms with Gasteiger partial charge in [0, 0.05) is 19.4 Å². The minimum absolute atomic E-state index is 0.0539. The second-order valence-corrected chi connectivity index (χ2v) is 29.4. The first-order chi connectivity index (χ1) is 47.8. The third-order valence-corrected chi connectivity index (χ3v) is 19.4. The number of rotatable bonds is 79. The topological polar surface area (TPSA) is 134 Å². The van der Waals surface area contributed by atoms with Crippen molar-refractivity contribution in [1.29, 1.82) is 0 Å². The quantitative estimate of drug-likeness (QED) is 0.0264. The lowest BCUT2D eigenvalue weighted by molar-refractivity contribution is -0.161. The van der Waals surface area contributed by atoms with Crippen molar-refractivity contribution in [2.24, 2.45) is 5.73 Å². The number of hydrogen-bond donors (Lipinski definition) is 2. The van der Waals surface area contributed by atoms with Crippen molar-refractivity contribution < 1.29 is 37.6 Å². The van der Waals surface area contributed by atoms with Gasteiger partial charge in [-0.25, -0.2) is 4.57 Å². The molecule has 10 heteroatoms. The summed E-state index contributed by atoms with van der Waals surface area (Å²) >= 11 is 0. The maximum Gasteiger partial charge on any atom is 0.472 e. The Balaban J connectivity index is 3.75. The molecular formula is C87H158NO8P. The number of carbonyl (C=O) groups excluding carboxylic acids is 2. The predicted molar refractivity (Wildman–Crippen MR) is 422 cm³/mol. The van der Waals surface area contributed by atoms with E-state index in [4.69, 9.17) is 24.3 Å². The van der Waals surface area contributed by atoms with E-state index < -0.39 is 26.5 Å². The molecule has 97 heavy (non-hydrogen) atoms. The average molecular weight is 1380 g/mol. The number of allylic oxidation sites excluding steroid dienone is 16. The fourth-order valence-electron chi connectivity index (χ4n) is 12.3. The van der Waals surface area contributed by atoms with Crippen LogP contribution in [0, 0.1) is 0 Å². The van der Waals surface area contributed by atoms with Gasteiger partial charge in [-0.1, -0.05) is 400 Å². The van der Waals surface area contributed by atoms with E-state index in [9.17, 15) is 19.0 Å². The third-order valence-electron chi connectivity index (χ3n) is 18.5. The van der Waals surface area contributed by atoms with Gasteiger partial charge in [0.2, 0.25) is 0 Å². The van der Waals surface area contributed by atoms with Gasteiger partial charge in [0.1, 0.15) is 6.61 Å². The molecular weight excluding hydrogens is 1220 g/mol. The molecule has 0 radical (unpaired) electrons. The van der Waals surface area contributed by atoms with Gasteiger partial charge in [-0.15, -0.1) is 0 Å². The zero-order valence-electron chi connectivity index (χ0n) is 63.8. The SMILES string of the molecule is CC/C=C\C/C=C\C/C=C\C/C=C\C/C=C\CCCCCCCCCCCCCCCCCCCCCCCC(=O)OC(COC(=O)CCCCCCCCCCCCCCCCCCCCCCCCCC/C=C\C/C=C\C/C=C\CCCCCCC)COP(=O)(O)OCCN. The molecule has 0 rings (SSSR count). The number of hydrogen-bond acceptors (Lipinski definition) is 8. The lowest BCUT2D eigenvalue weighted by Crippen LogP contribution is -2.29. The highest BCUT2D eigenvalue weighted by atomic mass is 31.2. The largest absolute Gasteiger partial charge is 0.472 e. The predicted octanol–water partition coefficient (Wildman–Crippen LogP) is 28.2. The summed E-state index contributed by atoms with van der Waals surface area (Å²) in [6.45, 7) is 3.68. The first kappa shape index (κ1) is 93.9. The molecule has 0 fully saturated rings. The molecule has 0 saturated heterocycles. The first-order valence-corrected chi connectivity index (χ1v) is 43.2. The second kappa shape index (κ2) is 81.9. The van der Waals surface area contributed by atoms with Crippen molar-refractivity contribution >= 4 is 19.8 Å². The summed E-state index contributed by atoms with van der Waals surface area (Å²) in [5.41, 5.74) is 5.42. The zero-order valence-corrected chi connectivity index (χ0v) is 64.7. The van der Waals surface area contributed by atoms with Crippen LogP contribution < -0.4 is 5.73 Å². The Morgan fingerprint density at radius 2 is 0.567 bits per heavy atom. The van der Waals surface area contributed by atoms with Crippen LogP contribution in [-0.2, 0) is 32.7 Å². The molecule has 564 valence electrons. The maximum absolute atomic E-state index is 12.8. The van der Waals surface area contributed by atoms with Crippen LogP contribution in [0.15, 0.2) is 97.2 Å². The van der Waals surface area contributed by atoms with Crippen LogP contribution in [0.4, 0.5) is 0 Å². The molecule has 0 saturated carbocycles. The van der Waals surface area contributed by atoms with E-state index in [0.29, 0.717) is 6.42 Å². The Morgan fingerprint density at radius 3 is 0.845 bits per heavy atom. The normalized spacial score (nSPS) is 13.3. The van der Waals surface area contributed by atoms with E-state index in [1.165, 1.54) is 302 Å². The van der Waals surface area contributed by atoms with Crippen LogP contribution in [0.25, 0.3) is 0 Å². The van der Waals surface area contributed by atoms with Gasteiger partial charge < -0.3 is 20.1 Å². The van der Waals surface area contributed by atoms with Crippen LogP contribution in [0.2, 0.25) is 0 Å². The molecule has 0 aliphatic heterocycles. The number of phosphoric acid groups is 1. The Bertz CT molecular complexity index is 1920. The highest BCUT2D eigenvalue weighted by molar-refractivity contribution is 7.47. The molecule has 0 heterocycles. The van der Waals surface area contributed by atoms with Gasteiger partial charge in [-0.3, -0.25) is 18.6 Å². The monoisotopic (exact) mass is 1380 g/mol. The van der Waals surface area contributed by atoms with E-state index in [2.05, 4.69) is 111 Å². The molecule has 0 aromatic rings. The Labute approximate surface area is 601 Å². The summed E-state index contributed by atoms with van der Waals surface area (Å²) in [5.74, 6) is -0.807. The van der Waals surface area contributed by atoms with Gasteiger partial charge >= 0.3 is 19.8 Å². The smallest absolute Gasteiger partial charge is 0.462 e. The van der Waals surface area contributed by atoms with Gasteiger partial charge in [0.05, 0.1) is 13.2 Å². The maximum atomic E-state index is 12.8. The van der Waals surface area contributed by atoms with E-state index in [1.54, 1.807) is 0 Å². The van der Waals surface area contributed by atoms with Gasteiger partial charge in [0.15, 0.2) is 6.10 Å². The van der Waals surface area contributed by atoms with Crippen molar-refractivity contribution in [2.45, 2.75) is 418 Å². The Hall–Kier alpha value is -3.07. The second-order valence-electron chi connectivity index (χ2n) is 28.0. The van der Waals surface area contributed by atoms with E-state index in [1.807, 2.05) is 0 Å². The number of esters is 2. The number of phosphoric ester groups is 1. The van der Waals surface area contributed by atoms with Crippen molar-refractivity contribution in [2.75, 3.05) is 26.4 Å². The van der Waals surface area contributed by atoms with Gasteiger partial charge in [-0.2, -0.15) is 0 Å². The molecule has 3 N–H and O–H groups in total. The van der Waals surface area contributed by atoms with E-state index in [0.717, 1.165) is 77.0 Å². The standard InChI is InChI=1S/C87H158NO8P/c1-3-5-7-9-11-13-15-17-19-21-23-25-27-29-31-33-35-37-39-41-42-44-45-47-49-51-53-55-57-59-61-63-65-67-69-71-73-75-77-79-86(89)93-83-85(84-95-97(91,92)94-82-81-88)96-87(90)80-78-76-74-72-70-68-66-64-62-60-58-56-54-52-50-48-46-43-40-38-36-34-32-30-28-26-24-22-20-18-16-14-12-10-8-6-4-2/h6,8,12,14-15,17-18,20-21,23-24,26-27,29-30,32,85H,3-5,7,9-11,13,16,19,22,25,28,31,33-84,88H2,1-2H3,(H,91,92)/b8-6-,14-12-,17-15-,20-18-,23-21-,26-24-,29-27-,32-30-. The minimum Gasteiger partial charge on any atom is -0.462 e. The van der Waals surface area contributed by atoms with E-state index >= 15 is 0 Å². The summed E-state index contributed by atoms with van der Waals surface area (Å²) in [6.07, 6.45) is 113. The molecule has 9 nitrogen and oxygen atoms in total. The molecule has 0 aliphatic rings. The van der Waals surface area contributed by atoms with Crippen molar-refractivity contribution in [3.05, 3.63) is 97.2 Å². The molecule has 2 unspecified atom stereocenters. The zero-order chi connectivity index (χ0) is 70.0. The first-order valence-electron chi connectivity index (χ1n) is 41.7. The summed E-state index contributed by atoms with van der Waals surface area (Å²) in [5, 5.41) is 0. The fraction of sp³-hybridized carbons (Fsp3) is 0.793. The van der Waals surface area contributed by atoms with Crippen molar-refractivity contribution in [3.8, 4) is 0 Å². The van der Waals surface area contributed by atoms with Crippen LogP contribution >= 0.6 is 7.82 Å². The molecule has 0 aromatic carbocycles. The lowest BCUT2D eigenvalue weighted by Gasteiger charge is -2.19. The molecule has 0 aliphatic carbocycles. The molecule has 0 bridgehead atoms. The van der Waals surface area contributed by atoms with E-state index in [-0.39, 0.29) is 38.6 Å². The third kappa shape index (κ3) is 81.8. The minimum atomic E-state index is -4.40. The van der Waals surface area contributed by atoms with Crippen LogP contribution in [0.1, 0.15) is 412 Å². The summed E-state index contributed by atoms with van der Waals surface area (Å²) in [7, 11) is -4.40. The van der Waals surface area contributed by atoms with Crippen LogP contribution in [0.3, 0.4) is 0 Å². The highest BCUT2D eigenvalue weighted by Crippen LogP contribution is 2.43. The summed E-state index contributed by atoms with van der Waals surface area (Å²) in [4.78, 5) is 35.5. The molecule has 0 spiro atoms. The number of unbranched alkanes of at least 4 members (excludes halogenated alkanes) is 50. The number of ether oxygens (including phenoxy) is 2. The van der Waals surface area contributed by atoms with Crippen molar-refractivity contribution in [1.82, 2.24) is 0 Å². The van der Waals surface area contributed by atoms with Gasteiger partial charge in [0.25, 0.3) is 0 Å². The Kier molecular flexibility index (Phi) is 79.3. The Morgan fingerprint density at radius 1 is 0.320 bits per heavy atom. The van der Waals surface area contributed by atoms with Crippen molar-refractivity contribution in [3.63, 3.8) is 0 Å². The fourth-order valence-corrected chi connectivity index (χ4v) is 13.1. The number of carbonyl (C=O) groups is 2.